The Morgan fingerprint density at radius 1 is 1.37 bits per heavy atom. The summed E-state index contributed by atoms with van der Waals surface area (Å²) in [6.45, 7) is 3.74. The molecule has 0 saturated heterocycles. The van der Waals surface area contributed by atoms with Crippen molar-refractivity contribution in [2.24, 2.45) is 0 Å². The number of nitrogens with zero attached hydrogens (tertiary/aromatic N) is 2. The van der Waals surface area contributed by atoms with Crippen LogP contribution in [0.4, 0.5) is 4.39 Å². The van der Waals surface area contributed by atoms with Gasteiger partial charge in [0, 0.05) is 17.3 Å². The molecule has 1 N–H and O–H groups in total. The fourth-order valence-corrected chi connectivity index (χ4v) is 4.35. The van der Waals surface area contributed by atoms with Crippen molar-refractivity contribution in [3.8, 4) is 0 Å². The average Bonchev–Trinajstić information content (AvgIpc) is 3.16. The molecule has 0 amide bonds. The summed E-state index contributed by atoms with van der Waals surface area (Å²) in [5, 5.41) is 0.652. The molecule has 144 valence electrons. The van der Waals surface area contributed by atoms with E-state index >= 15 is 0 Å². The van der Waals surface area contributed by atoms with Gasteiger partial charge < -0.3 is 9.72 Å². The quantitative estimate of drug-likeness (QED) is 0.640. The minimum atomic E-state index is -3.50. The van der Waals surface area contributed by atoms with Crippen molar-refractivity contribution in [3.05, 3.63) is 62.2 Å². The maximum atomic E-state index is 13.6. The Morgan fingerprint density at radius 3 is 2.67 bits per heavy atom. The summed E-state index contributed by atoms with van der Waals surface area (Å²) in [4.78, 5) is 12.5. The van der Waals surface area contributed by atoms with Crippen molar-refractivity contribution in [2.45, 2.75) is 31.6 Å². The van der Waals surface area contributed by atoms with Crippen LogP contribution in [0.25, 0.3) is 0 Å². The lowest BCUT2D eigenvalue weighted by atomic mass is 10.1. The number of ether oxygens (including phenoxy) is 1. The standard InChI is InChI=1S/C17H17ClFN3O3S2/c1-9-7-20-14(26-9)8-25-15(11-4-5-13(19)12(18)6-11)16-21-10(2)17(22-16)27(3,23)24/h4-7,15H,8H2,1-3H3,(H,21,22). The Kier molecular flexibility index (Phi) is 5.66. The molecule has 0 aliphatic carbocycles. The highest BCUT2D eigenvalue weighted by Gasteiger charge is 2.25. The predicted molar refractivity (Wildman–Crippen MR) is 101 cm³/mol. The molecule has 0 bridgehead atoms. The maximum Gasteiger partial charge on any atom is 0.194 e. The average molecular weight is 430 g/mol. The highest BCUT2D eigenvalue weighted by Crippen LogP contribution is 2.30. The molecule has 0 aliphatic rings. The molecule has 1 atom stereocenters. The number of aromatic amines is 1. The lowest BCUT2D eigenvalue weighted by molar-refractivity contribution is 0.0612. The molecule has 6 nitrogen and oxygen atoms in total. The monoisotopic (exact) mass is 429 g/mol. The first-order chi connectivity index (χ1) is 12.6. The minimum absolute atomic E-state index is 0.0515. The van der Waals surface area contributed by atoms with E-state index in [1.807, 2.05) is 6.92 Å². The van der Waals surface area contributed by atoms with Crippen LogP contribution >= 0.6 is 22.9 Å². The molecule has 1 unspecified atom stereocenters. The zero-order chi connectivity index (χ0) is 19.8. The Bertz CT molecular complexity index is 1080. The van der Waals surface area contributed by atoms with E-state index in [0.29, 0.717) is 17.1 Å². The third-order valence-electron chi connectivity index (χ3n) is 3.75. The molecule has 10 heteroatoms. The van der Waals surface area contributed by atoms with Crippen molar-refractivity contribution < 1.29 is 17.5 Å². The van der Waals surface area contributed by atoms with Crippen LogP contribution in [0.5, 0.6) is 0 Å². The molecule has 3 rings (SSSR count). The van der Waals surface area contributed by atoms with Crippen LogP contribution in [-0.4, -0.2) is 29.6 Å². The molecular weight excluding hydrogens is 413 g/mol. The second-order valence-corrected chi connectivity index (χ2v) is 9.71. The summed E-state index contributed by atoms with van der Waals surface area (Å²) in [6, 6.07) is 4.19. The Balaban J connectivity index is 2.00. The molecule has 3 aromatic rings. The van der Waals surface area contributed by atoms with E-state index in [1.165, 1.54) is 29.5 Å². The zero-order valence-electron chi connectivity index (χ0n) is 14.8. The highest BCUT2D eigenvalue weighted by atomic mass is 35.5. The van der Waals surface area contributed by atoms with Gasteiger partial charge in [-0.3, -0.25) is 0 Å². The number of imidazole rings is 1. The van der Waals surface area contributed by atoms with Crippen LogP contribution in [0.1, 0.15) is 33.1 Å². The first-order valence-electron chi connectivity index (χ1n) is 7.89. The molecular formula is C17H17ClFN3O3S2. The summed E-state index contributed by atoms with van der Waals surface area (Å²) in [5.74, 6) is -0.258. The summed E-state index contributed by atoms with van der Waals surface area (Å²) < 4.78 is 43.3. The second-order valence-electron chi connectivity index (χ2n) is 6.05. The van der Waals surface area contributed by atoms with Gasteiger partial charge in [0.2, 0.25) is 0 Å². The number of hydrogen-bond donors (Lipinski definition) is 1. The summed E-state index contributed by atoms with van der Waals surface area (Å²) in [6.07, 6.45) is 2.07. The fraction of sp³-hybridized carbons (Fsp3) is 0.294. The molecule has 1 aromatic carbocycles. The van der Waals surface area contributed by atoms with Crippen LogP contribution in [-0.2, 0) is 21.2 Å². The summed E-state index contributed by atoms with van der Waals surface area (Å²) >= 11 is 7.40. The number of halogens is 2. The van der Waals surface area contributed by atoms with Gasteiger partial charge >= 0.3 is 0 Å². The maximum absolute atomic E-state index is 13.6. The van der Waals surface area contributed by atoms with Crippen molar-refractivity contribution >= 4 is 32.8 Å². The highest BCUT2D eigenvalue weighted by molar-refractivity contribution is 7.90. The van der Waals surface area contributed by atoms with Gasteiger partial charge in [0.25, 0.3) is 0 Å². The predicted octanol–water partition coefficient (Wildman–Crippen LogP) is 3.99. The van der Waals surface area contributed by atoms with E-state index in [1.54, 1.807) is 13.1 Å². The van der Waals surface area contributed by atoms with Gasteiger partial charge in [0.1, 0.15) is 22.8 Å². The van der Waals surface area contributed by atoms with Gasteiger partial charge in [-0.2, -0.15) is 0 Å². The lowest BCUT2D eigenvalue weighted by Crippen LogP contribution is -2.09. The molecule has 0 fully saturated rings. The van der Waals surface area contributed by atoms with Gasteiger partial charge in [-0.25, -0.2) is 22.8 Å². The van der Waals surface area contributed by atoms with Crippen molar-refractivity contribution in [1.29, 1.82) is 0 Å². The third-order valence-corrected chi connectivity index (χ3v) is 6.02. The van der Waals surface area contributed by atoms with E-state index in [-0.39, 0.29) is 16.7 Å². The Morgan fingerprint density at radius 2 is 2.11 bits per heavy atom. The second kappa shape index (κ2) is 7.67. The van der Waals surface area contributed by atoms with Crippen LogP contribution in [0.3, 0.4) is 0 Å². The van der Waals surface area contributed by atoms with Crippen LogP contribution < -0.4 is 0 Å². The third kappa shape index (κ3) is 4.55. The number of H-pyrrole nitrogens is 1. The summed E-state index contributed by atoms with van der Waals surface area (Å²) in [5.41, 5.74) is 0.947. The zero-order valence-corrected chi connectivity index (χ0v) is 17.2. The normalized spacial score (nSPS) is 13.1. The first-order valence-corrected chi connectivity index (χ1v) is 11.0. The van der Waals surface area contributed by atoms with Crippen LogP contribution in [0.15, 0.2) is 29.4 Å². The number of benzene rings is 1. The minimum Gasteiger partial charge on any atom is -0.358 e. The topological polar surface area (TPSA) is 84.9 Å². The SMILES string of the molecule is Cc1cnc(COC(c2ccc(F)c(Cl)c2)c2nc(S(C)(=O)=O)c(C)[nH]2)s1. The smallest absolute Gasteiger partial charge is 0.194 e. The van der Waals surface area contributed by atoms with E-state index in [2.05, 4.69) is 15.0 Å². The number of thiazole rings is 1. The number of aromatic nitrogens is 3. The van der Waals surface area contributed by atoms with Crippen molar-refractivity contribution in [1.82, 2.24) is 15.0 Å². The van der Waals surface area contributed by atoms with Crippen molar-refractivity contribution in [3.63, 3.8) is 0 Å². The van der Waals surface area contributed by atoms with Gasteiger partial charge in [0.05, 0.1) is 17.3 Å². The number of rotatable bonds is 6. The molecule has 0 spiro atoms. The van der Waals surface area contributed by atoms with Crippen LogP contribution in [0, 0.1) is 19.7 Å². The summed E-state index contributed by atoms with van der Waals surface area (Å²) in [7, 11) is -3.50. The number of hydrogen-bond acceptors (Lipinski definition) is 6. The van der Waals surface area contributed by atoms with Gasteiger partial charge in [-0.05, 0) is 31.5 Å². The first kappa shape index (κ1) is 19.9. The van der Waals surface area contributed by atoms with Gasteiger partial charge in [-0.1, -0.05) is 17.7 Å². The fourth-order valence-electron chi connectivity index (χ4n) is 2.58. The number of aryl methyl sites for hydroxylation is 2. The number of nitrogens with one attached hydrogen (secondary N) is 1. The Hall–Kier alpha value is -1.81. The molecule has 0 radical (unpaired) electrons. The van der Waals surface area contributed by atoms with Gasteiger partial charge in [-0.15, -0.1) is 11.3 Å². The number of sulfone groups is 1. The Labute approximate surface area is 165 Å². The molecule has 27 heavy (non-hydrogen) atoms. The van der Waals surface area contributed by atoms with E-state index in [9.17, 15) is 12.8 Å². The molecule has 0 aliphatic heterocycles. The van der Waals surface area contributed by atoms with Gasteiger partial charge in [0.15, 0.2) is 14.9 Å². The molecule has 2 aromatic heterocycles. The molecule has 2 heterocycles. The lowest BCUT2D eigenvalue weighted by Gasteiger charge is -2.16. The largest absolute Gasteiger partial charge is 0.358 e. The van der Waals surface area contributed by atoms with E-state index in [0.717, 1.165) is 16.1 Å². The van der Waals surface area contributed by atoms with Crippen molar-refractivity contribution in [2.75, 3.05) is 6.26 Å². The van der Waals surface area contributed by atoms with Crippen LogP contribution in [0.2, 0.25) is 5.02 Å². The molecule has 0 saturated carbocycles. The van der Waals surface area contributed by atoms with E-state index in [4.69, 9.17) is 16.3 Å². The van der Waals surface area contributed by atoms with E-state index < -0.39 is 21.8 Å².